The average Bonchev–Trinajstić information content (AvgIpc) is 2.95. The number of nitrogens with one attached hydrogen (secondary N) is 1. The predicted molar refractivity (Wildman–Crippen MR) is 92.1 cm³/mol. The number of hydrogen-bond acceptors (Lipinski definition) is 7. The van der Waals surface area contributed by atoms with Gasteiger partial charge in [0.25, 0.3) is 0 Å². The zero-order valence-corrected chi connectivity index (χ0v) is 14.1. The molecule has 0 saturated carbocycles. The van der Waals surface area contributed by atoms with Gasteiger partial charge < -0.3 is 14.5 Å². The lowest BCUT2D eigenvalue weighted by molar-refractivity contribution is 0.194. The number of ether oxygens (including phenoxy) is 1. The van der Waals surface area contributed by atoms with Crippen LogP contribution in [0.2, 0.25) is 0 Å². The lowest BCUT2D eigenvalue weighted by Gasteiger charge is -2.16. The molecule has 1 unspecified atom stereocenters. The topological polar surface area (TPSA) is 73.1 Å². The number of para-hydroxylation sites is 1. The fourth-order valence-electron chi connectivity index (χ4n) is 2.56. The number of anilines is 1. The maximum atomic E-state index is 6.09. The number of nitrogens with zero attached hydrogens (tertiary/aromatic N) is 3. The summed E-state index contributed by atoms with van der Waals surface area (Å²) in [5.41, 5.74) is 2.44. The normalized spacial score (nSPS) is 15.7. The second-order valence-corrected chi connectivity index (χ2v) is 6.55. The summed E-state index contributed by atoms with van der Waals surface area (Å²) in [5.74, 6) is 2.85. The van der Waals surface area contributed by atoms with Crippen molar-refractivity contribution >= 4 is 17.4 Å². The molecule has 0 bridgehead atoms. The van der Waals surface area contributed by atoms with E-state index in [-0.39, 0.29) is 0 Å². The zero-order valence-electron chi connectivity index (χ0n) is 13.3. The molecule has 2 aromatic heterocycles. The van der Waals surface area contributed by atoms with Gasteiger partial charge in [0, 0.05) is 11.3 Å². The smallest absolute Gasteiger partial charge is 0.247 e. The van der Waals surface area contributed by atoms with E-state index in [2.05, 4.69) is 20.5 Å². The lowest BCUT2D eigenvalue weighted by atomic mass is 10.1. The van der Waals surface area contributed by atoms with Gasteiger partial charge in [-0.1, -0.05) is 36.9 Å². The van der Waals surface area contributed by atoms with E-state index in [4.69, 9.17) is 9.15 Å². The molecule has 0 amide bonds. The Balaban J connectivity index is 1.83. The Kier molecular flexibility index (Phi) is 3.86. The minimum absolute atomic E-state index is 0.456. The lowest BCUT2D eigenvalue weighted by Crippen LogP contribution is -2.16. The number of hydrogen-bond donors (Lipinski definition) is 1. The number of aromatic nitrogens is 3. The van der Waals surface area contributed by atoms with E-state index in [0.717, 1.165) is 22.8 Å². The van der Waals surface area contributed by atoms with Crippen molar-refractivity contribution in [2.24, 2.45) is 0 Å². The van der Waals surface area contributed by atoms with E-state index in [9.17, 15) is 0 Å². The molecule has 7 heteroatoms. The van der Waals surface area contributed by atoms with Crippen LogP contribution in [0.15, 0.2) is 46.0 Å². The Morgan fingerprint density at radius 1 is 1.17 bits per heavy atom. The van der Waals surface area contributed by atoms with Crippen molar-refractivity contribution in [3.05, 3.63) is 47.9 Å². The van der Waals surface area contributed by atoms with Gasteiger partial charge in [-0.25, -0.2) is 0 Å². The van der Waals surface area contributed by atoms with Crippen LogP contribution in [0.4, 0.5) is 5.69 Å². The second kappa shape index (κ2) is 6.16. The van der Waals surface area contributed by atoms with Crippen molar-refractivity contribution in [1.82, 2.24) is 15.2 Å². The number of aryl methyl sites for hydroxylation is 1. The highest BCUT2D eigenvalue weighted by Crippen LogP contribution is 2.39. The van der Waals surface area contributed by atoms with Crippen molar-refractivity contribution in [1.29, 1.82) is 0 Å². The minimum atomic E-state index is -0.475. The number of rotatable bonds is 3. The van der Waals surface area contributed by atoms with Crippen molar-refractivity contribution in [3.8, 4) is 17.1 Å². The number of fused-ring (bicyclic) bond motifs is 3. The zero-order chi connectivity index (χ0) is 16.5. The molecule has 6 nitrogen and oxygen atoms in total. The van der Waals surface area contributed by atoms with Crippen LogP contribution in [0, 0.1) is 6.92 Å². The van der Waals surface area contributed by atoms with Gasteiger partial charge in [0.1, 0.15) is 5.76 Å². The molecule has 3 heterocycles. The summed E-state index contributed by atoms with van der Waals surface area (Å²) in [7, 11) is 0. The van der Waals surface area contributed by atoms with Crippen LogP contribution in [-0.4, -0.2) is 20.9 Å². The van der Waals surface area contributed by atoms with E-state index < -0.39 is 6.23 Å². The molecule has 24 heavy (non-hydrogen) atoms. The molecule has 1 aliphatic rings. The highest BCUT2D eigenvalue weighted by atomic mass is 32.2. The summed E-state index contributed by atoms with van der Waals surface area (Å²) in [6.45, 7) is 3.95. The Labute approximate surface area is 143 Å². The molecule has 0 aliphatic carbocycles. The molecule has 3 aromatic rings. The van der Waals surface area contributed by atoms with Gasteiger partial charge in [0.15, 0.2) is 11.5 Å². The van der Waals surface area contributed by atoms with Crippen LogP contribution in [0.5, 0.6) is 5.88 Å². The molecule has 0 fully saturated rings. The van der Waals surface area contributed by atoms with Crippen LogP contribution in [0.3, 0.4) is 0 Å². The Morgan fingerprint density at radius 3 is 2.83 bits per heavy atom. The van der Waals surface area contributed by atoms with Crippen molar-refractivity contribution in [2.75, 3.05) is 11.1 Å². The first-order valence-electron chi connectivity index (χ1n) is 7.71. The first-order valence-corrected chi connectivity index (χ1v) is 8.69. The van der Waals surface area contributed by atoms with Gasteiger partial charge in [0.2, 0.25) is 17.3 Å². The van der Waals surface area contributed by atoms with Gasteiger partial charge in [-0.3, -0.25) is 0 Å². The highest BCUT2D eigenvalue weighted by Gasteiger charge is 2.27. The molecule has 4 rings (SSSR count). The molecule has 1 aromatic carbocycles. The maximum Gasteiger partial charge on any atom is 0.247 e. The largest absolute Gasteiger partial charge is 0.460 e. The third-order valence-electron chi connectivity index (χ3n) is 3.63. The van der Waals surface area contributed by atoms with Crippen LogP contribution in [0.1, 0.15) is 24.7 Å². The first-order chi connectivity index (χ1) is 11.7. The molecule has 1 N–H and O–H groups in total. The number of thioether (sulfide) groups is 1. The summed E-state index contributed by atoms with van der Waals surface area (Å²) in [6.07, 6.45) is -0.475. The van der Waals surface area contributed by atoms with Crippen molar-refractivity contribution in [3.63, 3.8) is 0 Å². The summed E-state index contributed by atoms with van der Waals surface area (Å²) < 4.78 is 11.8. The van der Waals surface area contributed by atoms with Gasteiger partial charge in [-0.15, -0.1) is 10.2 Å². The highest BCUT2D eigenvalue weighted by molar-refractivity contribution is 7.99. The second-order valence-electron chi connectivity index (χ2n) is 5.32. The summed E-state index contributed by atoms with van der Waals surface area (Å²) >= 11 is 1.53. The maximum absolute atomic E-state index is 6.09. The van der Waals surface area contributed by atoms with Crippen LogP contribution in [0.25, 0.3) is 11.3 Å². The van der Waals surface area contributed by atoms with Crippen LogP contribution >= 0.6 is 11.8 Å². The summed E-state index contributed by atoms with van der Waals surface area (Å²) in [6, 6.07) is 11.7. The predicted octanol–water partition coefficient (Wildman–Crippen LogP) is 4.06. The Hall–Kier alpha value is -2.54. The average molecular weight is 340 g/mol. The number of benzene rings is 1. The van der Waals surface area contributed by atoms with E-state index in [0.29, 0.717) is 22.5 Å². The molecule has 0 saturated heterocycles. The molecular weight excluding hydrogens is 324 g/mol. The molecule has 122 valence electrons. The third kappa shape index (κ3) is 2.71. The fraction of sp³-hybridized carbons (Fsp3) is 0.235. The van der Waals surface area contributed by atoms with E-state index >= 15 is 0 Å². The van der Waals surface area contributed by atoms with Gasteiger partial charge in [-0.05, 0) is 30.9 Å². The molecule has 1 atom stereocenters. The fourth-order valence-corrected chi connectivity index (χ4v) is 3.06. The quantitative estimate of drug-likeness (QED) is 0.721. The van der Waals surface area contributed by atoms with Gasteiger partial charge >= 0.3 is 0 Å². The monoisotopic (exact) mass is 340 g/mol. The summed E-state index contributed by atoms with van der Waals surface area (Å²) in [5, 5.41) is 12.5. The molecule has 0 radical (unpaired) electrons. The molecular formula is C17H16N4O2S. The molecule has 0 spiro atoms. The molecule has 1 aliphatic heterocycles. The van der Waals surface area contributed by atoms with Gasteiger partial charge in [0.05, 0.1) is 0 Å². The van der Waals surface area contributed by atoms with Crippen molar-refractivity contribution < 1.29 is 9.15 Å². The Bertz CT molecular complexity index is 881. The minimum Gasteiger partial charge on any atom is -0.460 e. The number of furan rings is 1. The van der Waals surface area contributed by atoms with Crippen molar-refractivity contribution in [2.45, 2.75) is 25.2 Å². The van der Waals surface area contributed by atoms with Gasteiger partial charge in [-0.2, -0.15) is 4.98 Å². The van der Waals surface area contributed by atoms with Crippen LogP contribution < -0.4 is 10.1 Å². The Morgan fingerprint density at radius 2 is 2.04 bits per heavy atom. The van der Waals surface area contributed by atoms with E-state index in [1.165, 1.54) is 11.8 Å². The van der Waals surface area contributed by atoms with Crippen LogP contribution in [-0.2, 0) is 0 Å². The summed E-state index contributed by atoms with van der Waals surface area (Å²) in [4.78, 5) is 4.53. The van der Waals surface area contributed by atoms with E-state index in [1.54, 1.807) is 0 Å². The standard InChI is InChI=1S/C17H16N4O2S/c1-3-24-17-19-16-14(20-21-17)11-6-4-5-7-12(11)18-15(23-16)13-9-8-10(2)22-13/h4-9,15,18H,3H2,1-2H3. The first kappa shape index (κ1) is 15.0. The van der Waals surface area contributed by atoms with E-state index in [1.807, 2.05) is 50.2 Å². The third-order valence-corrected chi connectivity index (χ3v) is 4.35. The SMILES string of the molecule is CCSc1nnc2c(n1)OC(c1ccc(C)o1)Nc1ccccc1-2.